The van der Waals surface area contributed by atoms with Crippen LogP contribution in [0.2, 0.25) is 5.02 Å². The number of rotatable bonds is 5. The average Bonchev–Trinajstić information content (AvgIpc) is 3.20. The van der Waals surface area contributed by atoms with Gasteiger partial charge in [-0.05, 0) is 55.3 Å². The van der Waals surface area contributed by atoms with Gasteiger partial charge >= 0.3 is 0 Å². The molecule has 1 aromatic heterocycles. The monoisotopic (exact) mass is 407 g/mol. The average molecular weight is 408 g/mol. The number of nitrogens with one attached hydrogen (secondary N) is 1. The van der Waals surface area contributed by atoms with Crippen molar-refractivity contribution >= 4 is 17.3 Å². The van der Waals surface area contributed by atoms with Crippen LogP contribution in [0.3, 0.4) is 0 Å². The highest BCUT2D eigenvalue weighted by molar-refractivity contribution is 6.31. The number of hydrogen-bond acceptors (Lipinski definition) is 4. The molecule has 0 bridgehead atoms. The van der Waals surface area contributed by atoms with E-state index in [1.54, 1.807) is 6.07 Å². The molecule has 1 heterocycles. The van der Waals surface area contributed by atoms with Crippen LogP contribution in [-0.2, 0) is 0 Å². The van der Waals surface area contributed by atoms with Gasteiger partial charge in [-0.15, -0.1) is 10.2 Å². The SMILES string of the molecule is Cc1cccc(N[C@H](c2nnc(-c3ccccc3)o2)c2ccc(F)cc2Cl)c1C. The number of anilines is 1. The molecular formula is C23H19ClFN3O. The second-order valence-electron chi connectivity index (χ2n) is 6.80. The van der Waals surface area contributed by atoms with Gasteiger partial charge in [-0.3, -0.25) is 0 Å². The van der Waals surface area contributed by atoms with Crippen LogP contribution in [0.25, 0.3) is 11.5 Å². The van der Waals surface area contributed by atoms with Crippen LogP contribution < -0.4 is 5.32 Å². The van der Waals surface area contributed by atoms with Crippen LogP contribution in [0.5, 0.6) is 0 Å². The maximum Gasteiger partial charge on any atom is 0.247 e. The standard InChI is InChI=1S/C23H19ClFN3O/c1-14-7-6-10-20(15(14)2)26-21(18-12-11-17(25)13-19(18)24)23-28-27-22(29-23)16-8-4-3-5-9-16/h3-13,21,26H,1-2H3/t21-/m0/s1. The predicted octanol–water partition coefficient (Wildman–Crippen LogP) is 6.35. The summed E-state index contributed by atoms with van der Waals surface area (Å²) >= 11 is 6.37. The van der Waals surface area contributed by atoms with Gasteiger partial charge in [-0.2, -0.15) is 0 Å². The van der Waals surface area contributed by atoms with E-state index in [1.807, 2.05) is 62.4 Å². The van der Waals surface area contributed by atoms with Crippen molar-refractivity contribution in [1.29, 1.82) is 0 Å². The van der Waals surface area contributed by atoms with E-state index in [2.05, 4.69) is 15.5 Å². The molecule has 0 amide bonds. The zero-order valence-electron chi connectivity index (χ0n) is 16.0. The largest absolute Gasteiger partial charge is 0.418 e. The quantitative estimate of drug-likeness (QED) is 0.419. The van der Waals surface area contributed by atoms with Gasteiger partial charge in [0.25, 0.3) is 0 Å². The molecule has 0 aliphatic heterocycles. The van der Waals surface area contributed by atoms with E-state index in [1.165, 1.54) is 12.1 Å². The minimum absolute atomic E-state index is 0.285. The summed E-state index contributed by atoms with van der Waals surface area (Å²) in [6.45, 7) is 4.07. The van der Waals surface area contributed by atoms with Crippen molar-refractivity contribution in [2.75, 3.05) is 5.32 Å². The van der Waals surface area contributed by atoms with Crippen molar-refractivity contribution in [2.45, 2.75) is 19.9 Å². The van der Waals surface area contributed by atoms with Gasteiger partial charge in [0.05, 0.1) is 0 Å². The fourth-order valence-corrected chi connectivity index (χ4v) is 3.40. The lowest BCUT2D eigenvalue weighted by Crippen LogP contribution is -2.14. The molecule has 1 atom stereocenters. The Morgan fingerprint density at radius 3 is 2.52 bits per heavy atom. The van der Waals surface area contributed by atoms with Crippen LogP contribution in [0.15, 0.2) is 71.1 Å². The molecule has 0 spiro atoms. The van der Waals surface area contributed by atoms with E-state index in [4.69, 9.17) is 16.0 Å². The molecule has 0 saturated carbocycles. The normalized spacial score (nSPS) is 12.0. The molecule has 0 radical (unpaired) electrons. The first-order chi connectivity index (χ1) is 14.0. The zero-order chi connectivity index (χ0) is 20.4. The van der Waals surface area contributed by atoms with E-state index in [-0.39, 0.29) is 5.02 Å². The van der Waals surface area contributed by atoms with Crippen molar-refractivity contribution in [3.8, 4) is 11.5 Å². The van der Waals surface area contributed by atoms with E-state index >= 15 is 0 Å². The van der Waals surface area contributed by atoms with Gasteiger partial charge in [0.2, 0.25) is 11.8 Å². The second-order valence-corrected chi connectivity index (χ2v) is 7.21. The molecule has 0 unspecified atom stereocenters. The molecule has 1 N–H and O–H groups in total. The lowest BCUT2D eigenvalue weighted by Gasteiger charge is -2.20. The third-order valence-electron chi connectivity index (χ3n) is 4.89. The maximum atomic E-state index is 13.6. The molecular weight excluding hydrogens is 389 g/mol. The fraction of sp³-hybridized carbons (Fsp3) is 0.130. The molecule has 0 aliphatic carbocycles. The number of aromatic nitrogens is 2. The Labute approximate surface area is 173 Å². The number of nitrogens with zero attached hydrogens (tertiary/aromatic N) is 2. The van der Waals surface area contributed by atoms with Gasteiger partial charge in [0.15, 0.2) is 0 Å². The van der Waals surface area contributed by atoms with Gasteiger partial charge < -0.3 is 9.73 Å². The Kier molecular flexibility index (Phi) is 5.32. The van der Waals surface area contributed by atoms with E-state index in [9.17, 15) is 4.39 Å². The summed E-state index contributed by atoms with van der Waals surface area (Å²) in [6.07, 6.45) is 0. The number of aryl methyl sites for hydroxylation is 1. The first-order valence-electron chi connectivity index (χ1n) is 9.19. The Bertz CT molecular complexity index is 1140. The van der Waals surface area contributed by atoms with E-state index in [0.29, 0.717) is 17.3 Å². The summed E-state index contributed by atoms with van der Waals surface area (Å²) in [4.78, 5) is 0. The van der Waals surface area contributed by atoms with Crippen LogP contribution >= 0.6 is 11.6 Å². The molecule has 29 heavy (non-hydrogen) atoms. The molecule has 4 aromatic rings. The van der Waals surface area contributed by atoms with E-state index < -0.39 is 11.9 Å². The van der Waals surface area contributed by atoms with Gasteiger partial charge in [-0.1, -0.05) is 48.0 Å². The van der Waals surface area contributed by atoms with Crippen LogP contribution in [0, 0.1) is 19.7 Å². The number of halogens is 2. The van der Waals surface area contributed by atoms with Crippen molar-refractivity contribution in [3.05, 3.63) is 100 Å². The highest BCUT2D eigenvalue weighted by Gasteiger charge is 2.24. The van der Waals surface area contributed by atoms with Gasteiger partial charge in [0, 0.05) is 21.8 Å². The zero-order valence-corrected chi connectivity index (χ0v) is 16.7. The Hall–Kier alpha value is -3.18. The topological polar surface area (TPSA) is 51.0 Å². The van der Waals surface area contributed by atoms with Crippen LogP contribution in [0.4, 0.5) is 10.1 Å². The molecule has 0 saturated heterocycles. The lowest BCUT2D eigenvalue weighted by molar-refractivity contribution is 0.493. The summed E-state index contributed by atoms with van der Waals surface area (Å²) in [5.41, 5.74) is 4.63. The number of benzene rings is 3. The summed E-state index contributed by atoms with van der Waals surface area (Å²) < 4.78 is 19.6. The molecule has 4 rings (SSSR count). The summed E-state index contributed by atoms with van der Waals surface area (Å²) in [5.74, 6) is 0.351. The molecule has 146 valence electrons. The Morgan fingerprint density at radius 2 is 1.76 bits per heavy atom. The van der Waals surface area contributed by atoms with Crippen molar-refractivity contribution in [1.82, 2.24) is 10.2 Å². The molecule has 3 aromatic carbocycles. The van der Waals surface area contributed by atoms with Crippen LogP contribution in [0.1, 0.15) is 28.6 Å². The first kappa shape index (κ1) is 19.2. The first-order valence-corrected chi connectivity index (χ1v) is 9.57. The second kappa shape index (κ2) is 8.05. The third-order valence-corrected chi connectivity index (χ3v) is 5.21. The van der Waals surface area contributed by atoms with Crippen LogP contribution in [-0.4, -0.2) is 10.2 Å². The lowest BCUT2D eigenvalue weighted by atomic mass is 10.0. The highest BCUT2D eigenvalue weighted by Crippen LogP contribution is 2.34. The van der Waals surface area contributed by atoms with Gasteiger partial charge in [-0.25, -0.2) is 4.39 Å². The van der Waals surface area contributed by atoms with Crippen molar-refractivity contribution in [2.24, 2.45) is 0 Å². The minimum atomic E-state index is -0.534. The maximum absolute atomic E-state index is 13.6. The van der Waals surface area contributed by atoms with Gasteiger partial charge in [0.1, 0.15) is 11.9 Å². The molecule has 0 fully saturated rings. The summed E-state index contributed by atoms with van der Waals surface area (Å²) in [6, 6.07) is 19.3. The summed E-state index contributed by atoms with van der Waals surface area (Å²) in [5, 5.41) is 12.2. The Balaban J connectivity index is 1.78. The number of hydrogen-bond donors (Lipinski definition) is 1. The predicted molar refractivity (Wildman–Crippen MR) is 113 cm³/mol. The highest BCUT2D eigenvalue weighted by atomic mass is 35.5. The summed E-state index contributed by atoms with van der Waals surface area (Å²) in [7, 11) is 0. The van der Waals surface area contributed by atoms with E-state index in [0.717, 1.165) is 22.4 Å². The van der Waals surface area contributed by atoms with Crippen molar-refractivity contribution in [3.63, 3.8) is 0 Å². The minimum Gasteiger partial charge on any atom is -0.418 e. The molecule has 4 nitrogen and oxygen atoms in total. The molecule has 0 aliphatic rings. The molecule has 6 heteroatoms. The smallest absolute Gasteiger partial charge is 0.247 e. The Morgan fingerprint density at radius 1 is 0.966 bits per heavy atom. The third kappa shape index (κ3) is 4.00. The van der Waals surface area contributed by atoms with Crippen molar-refractivity contribution < 1.29 is 8.81 Å². The fourth-order valence-electron chi connectivity index (χ4n) is 3.12.